The van der Waals surface area contributed by atoms with Gasteiger partial charge in [0.15, 0.2) is 0 Å². The van der Waals surface area contributed by atoms with Crippen LogP contribution in [0.25, 0.3) is 0 Å². The molecule has 0 spiro atoms. The molecule has 0 fully saturated rings. The average Bonchev–Trinajstić information content (AvgIpc) is 2.59. The standard InChI is InChI=1S/C22H36O3/c1-3-5-7-9-11-14-18(15-12-10-8-6-4-2)19-16-13-17-20(23)21(19)22(24)25/h13,16-18,23H,3-12,14-15H2,1-2H3,(H,24,25). The quantitative estimate of drug-likeness (QED) is 0.360. The summed E-state index contributed by atoms with van der Waals surface area (Å²) < 4.78 is 0. The number of hydrogen-bond donors (Lipinski definition) is 2. The number of unbranched alkanes of at least 4 members (excludes halogenated alkanes) is 8. The van der Waals surface area contributed by atoms with Crippen LogP contribution >= 0.6 is 0 Å². The van der Waals surface area contributed by atoms with Crippen molar-refractivity contribution in [2.75, 3.05) is 0 Å². The fourth-order valence-corrected chi connectivity index (χ4v) is 3.57. The van der Waals surface area contributed by atoms with Crippen LogP contribution in [0.5, 0.6) is 5.75 Å². The summed E-state index contributed by atoms with van der Waals surface area (Å²) >= 11 is 0. The first-order valence-corrected chi connectivity index (χ1v) is 10.2. The number of carboxylic acids is 1. The number of hydrogen-bond acceptors (Lipinski definition) is 2. The lowest BCUT2D eigenvalue weighted by atomic mass is 9.85. The Hall–Kier alpha value is -1.51. The molecule has 1 aromatic rings. The lowest BCUT2D eigenvalue weighted by Gasteiger charge is -2.20. The maximum Gasteiger partial charge on any atom is 0.339 e. The van der Waals surface area contributed by atoms with Gasteiger partial charge in [0.25, 0.3) is 0 Å². The molecule has 3 nitrogen and oxygen atoms in total. The largest absolute Gasteiger partial charge is 0.507 e. The molecule has 0 heterocycles. The highest BCUT2D eigenvalue weighted by Crippen LogP contribution is 2.34. The van der Waals surface area contributed by atoms with Crippen molar-refractivity contribution in [3.8, 4) is 5.75 Å². The molecular weight excluding hydrogens is 312 g/mol. The van der Waals surface area contributed by atoms with Crippen molar-refractivity contribution < 1.29 is 15.0 Å². The second-order valence-corrected chi connectivity index (χ2v) is 7.15. The maximum absolute atomic E-state index is 11.6. The Balaban J connectivity index is 2.75. The van der Waals surface area contributed by atoms with E-state index >= 15 is 0 Å². The molecule has 0 atom stereocenters. The Morgan fingerprint density at radius 1 is 0.880 bits per heavy atom. The van der Waals surface area contributed by atoms with Crippen LogP contribution in [-0.4, -0.2) is 16.2 Å². The molecule has 0 amide bonds. The number of aromatic carboxylic acids is 1. The normalized spacial score (nSPS) is 11.2. The van der Waals surface area contributed by atoms with E-state index in [4.69, 9.17) is 0 Å². The van der Waals surface area contributed by atoms with E-state index in [1.54, 1.807) is 6.07 Å². The highest BCUT2D eigenvalue weighted by atomic mass is 16.4. The van der Waals surface area contributed by atoms with E-state index in [1.807, 2.05) is 6.07 Å². The molecule has 142 valence electrons. The molecule has 0 aliphatic rings. The predicted octanol–water partition coefficient (Wildman–Crippen LogP) is 6.90. The van der Waals surface area contributed by atoms with Crippen LogP contribution < -0.4 is 0 Å². The molecular formula is C22H36O3. The summed E-state index contributed by atoms with van der Waals surface area (Å²) in [6, 6.07) is 5.15. The van der Waals surface area contributed by atoms with Gasteiger partial charge in [0.2, 0.25) is 0 Å². The first-order chi connectivity index (χ1) is 12.1. The fraction of sp³-hybridized carbons (Fsp3) is 0.682. The fourth-order valence-electron chi connectivity index (χ4n) is 3.57. The summed E-state index contributed by atoms with van der Waals surface area (Å²) in [4.78, 5) is 11.6. The zero-order chi connectivity index (χ0) is 18.5. The summed E-state index contributed by atoms with van der Waals surface area (Å²) in [6.45, 7) is 4.43. The van der Waals surface area contributed by atoms with Crippen LogP contribution in [0.1, 0.15) is 113 Å². The molecule has 25 heavy (non-hydrogen) atoms. The Morgan fingerprint density at radius 3 is 1.88 bits per heavy atom. The molecule has 0 radical (unpaired) electrons. The zero-order valence-electron chi connectivity index (χ0n) is 16.1. The van der Waals surface area contributed by atoms with Gasteiger partial charge in [0.1, 0.15) is 11.3 Å². The first kappa shape index (κ1) is 21.5. The SMILES string of the molecule is CCCCCCCC(CCCCCCC)c1cccc(O)c1C(=O)O. The molecule has 0 unspecified atom stereocenters. The van der Waals surface area contributed by atoms with Gasteiger partial charge in [-0.1, -0.05) is 90.2 Å². The minimum Gasteiger partial charge on any atom is -0.507 e. The highest BCUT2D eigenvalue weighted by Gasteiger charge is 2.21. The van der Waals surface area contributed by atoms with Crippen molar-refractivity contribution in [3.63, 3.8) is 0 Å². The second-order valence-electron chi connectivity index (χ2n) is 7.15. The van der Waals surface area contributed by atoms with Crippen molar-refractivity contribution in [1.82, 2.24) is 0 Å². The van der Waals surface area contributed by atoms with Crippen LogP contribution in [0.15, 0.2) is 18.2 Å². The molecule has 3 heteroatoms. The number of benzene rings is 1. The molecule has 0 aromatic heterocycles. The lowest BCUT2D eigenvalue weighted by Crippen LogP contribution is -2.08. The van der Waals surface area contributed by atoms with Crippen LogP contribution in [-0.2, 0) is 0 Å². The Kier molecular flexibility index (Phi) is 11.0. The molecule has 0 saturated heterocycles. The third kappa shape index (κ3) is 7.94. The van der Waals surface area contributed by atoms with Crippen LogP contribution in [0.3, 0.4) is 0 Å². The highest BCUT2D eigenvalue weighted by molar-refractivity contribution is 5.92. The number of carbonyl (C=O) groups is 1. The van der Waals surface area contributed by atoms with Crippen molar-refractivity contribution in [3.05, 3.63) is 29.3 Å². The third-order valence-electron chi connectivity index (χ3n) is 5.04. The predicted molar refractivity (Wildman–Crippen MR) is 105 cm³/mol. The maximum atomic E-state index is 11.6. The van der Waals surface area contributed by atoms with Gasteiger partial charge >= 0.3 is 5.97 Å². The summed E-state index contributed by atoms with van der Waals surface area (Å²) in [7, 11) is 0. The molecule has 1 rings (SSSR count). The van der Waals surface area contributed by atoms with E-state index in [1.165, 1.54) is 57.4 Å². The van der Waals surface area contributed by atoms with Crippen molar-refractivity contribution >= 4 is 5.97 Å². The summed E-state index contributed by atoms with van der Waals surface area (Å²) in [5.41, 5.74) is 0.924. The molecule has 1 aromatic carbocycles. The van der Waals surface area contributed by atoms with Crippen LogP contribution in [0.4, 0.5) is 0 Å². The zero-order valence-corrected chi connectivity index (χ0v) is 16.1. The molecule has 0 aliphatic heterocycles. The van der Waals surface area contributed by atoms with Gasteiger partial charge in [-0.15, -0.1) is 0 Å². The van der Waals surface area contributed by atoms with E-state index in [9.17, 15) is 15.0 Å². The summed E-state index contributed by atoms with van der Waals surface area (Å²) in [5.74, 6) is -0.886. The van der Waals surface area contributed by atoms with Crippen LogP contribution in [0.2, 0.25) is 0 Å². The summed E-state index contributed by atoms with van der Waals surface area (Å²) in [6.07, 6.45) is 14.2. The monoisotopic (exact) mass is 348 g/mol. The van der Waals surface area contributed by atoms with Crippen LogP contribution in [0, 0.1) is 0 Å². The van der Waals surface area contributed by atoms with E-state index in [0.717, 1.165) is 31.2 Å². The Morgan fingerprint density at radius 2 is 1.40 bits per heavy atom. The van der Waals surface area contributed by atoms with Gasteiger partial charge in [-0.05, 0) is 30.4 Å². The minimum atomic E-state index is -1.02. The Labute approximate surface area is 153 Å². The number of carboxylic acid groups (broad SMARTS) is 1. The number of phenols is 1. The van der Waals surface area contributed by atoms with Gasteiger partial charge in [0.05, 0.1) is 0 Å². The molecule has 0 bridgehead atoms. The summed E-state index contributed by atoms with van der Waals surface area (Å²) in [5, 5.41) is 19.5. The second kappa shape index (κ2) is 12.8. The minimum absolute atomic E-state index is 0.105. The van der Waals surface area contributed by atoms with E-state index in [2.05, 4.69) is 13.8 Å². The van der Waals surface area contributed by atoms with E-state index in [0.29, 0.717) is 0 Å². The first-order valence-electron chi connectivity index (χ1n) is 10.2. The number of rotatable bonds is 14. The van der Waals surface area contributed by atoms with Gasteiger partial charge in [-0.3, -0.25) is 0 Å². The smallest absolute Gasteiger partial charge is 0.339 e. The Bertz CT molecular complexity index is 482. The topological polar surface area (TPSA) is 57.5 Å². The average molecular weight is 349 g/mol. The molecule has 0 saturated carbocycles. The lowest BCUT2D eigenvalue weighted by molar-refractivity contribution is 0.0691. The van der Waals surface area contributed by atoms with Crippen molar-refractivity contribution in [2.24, 2.45) is 0 Å². The van der Waals surface area contributed by atoms with Gasteiger partial charge in [-0.2, -0.15) is 0 Å². The van der Waals surface area contributed by atoms with E-state index < -0.39 is 5.97 Å². The van der Waals surface area contributed by atoms with Crippen molar-refractivity contribution in [2.45, 2.75) is 96.8 Å². The number of aromatic hydroxyl groups is 1. The van der Waals surface area contributed by atoms with E-state index in [-0.39, 0.29) is 17.2 Å². The molecule has 0 aliphatic carbocycles. The van der Waals surface area contributed by atoms with Crippen molar-refractivity contribution in [1.29, 1.82) is 0 Å². The van der Waals surface area contributed by atoms with Gasteiger partial charge in [0, 0.05) is 0 Å². The van der Waals surface area contributed by atoms with Gasteiger partial charge in [-0.25, -0.2) is 4.79 Å². The third-order valence-corrected chi connectivity index (χ3v) is 5.04. The molecule has 2 N–H and O–H groups in total. The van der Waals surface area contributed by atoms with Gasteiger partial charge < -0.3 is 10.2 Å².